The number of unbranched alkanes of at least 4 members (excludes halogenated alkanes) is 3. The molecule has 0 spiro atoms. The van der Waals surface area contributed by atoms with Crippen LogP contribution in [0, 0.1) is 0 Å². The Balaban J connectivity index is 2.15. The predicted molar refractivity (Wildman–Crippen MR) is 64.8 cm³/mol. The van der Waals surface area contributed by atoms with Gasteiger partial charge >= 0.3 is 0 Å². The maximum Gasteiger partial charge on any atom is 0.0786 e. The second kappa shape index (κ2) is 7.24. The Bertz CT molecular complexity index is 153. The van der Waals surface area contributed by atoms with E-state index in [1.165, 1.54) is 69.2 Å². The smallest absolute Gasteiger partial charge is 0.0786 e. The Kier molecular flexibility index (Phi) is 6.26. The third-order valence-electron chi connectivity index (χ3n) is 3.98. The molecule has 0 radical (unpaired) electrons. The molecule has 1 aliphatic rings. The summed E-state index contributed by atoms with van der Waals surface area (Å²) < 4.78 is 1.37. The second-order valence-electron chi connectivity index (χ2n) is 5.03. The first-order valence-electron chi connectivity index (χ1n) is 6.79. The minimum atomic E-state index is 0.369. The molecule has 1 rings (SSSR count). The summed E-state index contributed by atoms with van der Waals surface area (Å²) in [5.74, 6) is 0. The van der Waals surface area contributed by atoms with Crippen molar-refractivity contribution in [3.05, 3.63) is 0 Å². The molecule has 0 bridgehead atoms. The van der Waals surface area contributed by atoms with Gasteiger partial charge in [0.15, 0.2) is 0 Å². The Morgan fingerprint density at radius 3 is 2.20 bits per heavy atom. The van der Waals surface area contributed by atoms with E-state index in [0.717, 1.165) is 6.42 Å². The van der Waals surface area contributed by atoms with E-state index in [2.05, 4.69) is 6.92 Å². The van der Waals surface area contributed by atoms with Gasteiger partial charge in [0.05, 0.1) is 26.2 Å². The second-order valence-corrected chi connectivity index (χ2v) is 5.03. The molecule has 1 saturated heterocycles. The normalized spacial score (nSPS) is 20.4. The summed E-state index contributed by atoms with van der Waals surface area (Å²) in [6.45, 7) is 8.24. The van der Waals surface area contributed by atoms with Gasteiger partial charge in [0.2, 0.25) is 0 Å². The summed E-state index contributed by atoms with van der Waals surface area (Å²) in [4.78, 5) is 0. The molecule has 2 heteroatoms. The average Bonchev–Trinajstić information content (AvgIpc) is 2.30. The third-order valence-corrected chi connectivity index (χ3v) is 3.98. The first-order chi connectivity index (χ1) is 7.33. The molecule has 0 amide bonds. The van der Waals surface area contributed by atoms with E-state index in [9.17, 15) is 0 Å². The zero-order valence-electron chi connectivity index (χ0n) is 10.4. The Labute approximate surface area is 94.9 Å². The summed E-state index contributed by atoms with van der Waals surface area (Å²) in [6, 6.07) is 0. The van der Waals surface area contributed by atoms with Crippen LogP contribution in [0.15, 0.2) is 0 Å². The maximum atomic E-state index is 8.71. The summed E-state index contributed by atoms with van der Waals surface area (Å²) in [5, 5.41) is 8.71. The van der Waals surface area contributed by atoms with E-state index in [1.54, 1.807) is 0 Å². The first-order valence-corrected chi connectivity index (χ1v) is 6.79. The number of aliphatic hydroxyl groups excluding tert-OH is 1. The first kappa shape index (κ1) is 13.0. The lowest BCUT2D eigenvalue weighted by atomic mass is 10.1. The highest BCUT2D eigenvalue weighted by Crippen LogP contribution is 2.19. The zero-order chi connectivity index (χ0) is 11.0. The number of piperidine rings is 1. The highest BCUT2D eigenvalue weighted by atomic mass is 16.2. The summed E-state index contributed by atoms with van der Waals surface area (Å²) in [7, 11) is 0. The summed E-state index contributed by atoms with van der Waals surface area (Å²) in [5.41, 5.74) is 0. The Morgan fingerprint density at radius 1 is 0.933 bits per heavy atom. The lowest BCUT2D eigenvalue weighted by Gasteiger charge is -2.41. The van der Waals surface area contributed by atoms with Crippen LogP contribution < -0.4 is 0 Å². The van der Waals surface area contributed by atoms with Crippen molar-refractivity contribution in [3.63, 3.8) is 0 Å². The zero-order valence-corrected chi connectivity index (χ0v) is 10.4. The standard InChI is InChI=1S/C13H28NO/c1-2-14(11-7-5-8-12-14)10-6-3-4-9-13-15/h15H,2-13H2,1H3/q+1. The Morgan fingerprint density at radius 2 is 1.60 bits per heavy atom. The van der Waals surface area contributed by atoms with E-state index in [0.29, 0.717) is 6.61 Å². The van der Waals surface area contributed by atoms with Gasteiger partial charge in [0, 0.05) is 6.61 Å². The third kappa shape index (κ3) is 4.52. The molecule has 0 aromatic carbocycles. The number of hydrogen-bond acceptors (Lipinski definition) is 1. The highest BCUT2D eigenvalue weighted by Gasteiger charge is 2.26. The summed E-state index contributed by atoms with van der Waals surface area (Å²) >= 11 is 0. The van der Waals surface area contributed by atoms with Crippen molar-refractivity contribution in [2.24, 2.45) is 0 Å². The quantitative estimate of drug-likeness (QED) is 0.510. The van der Waals surface area contributed by atoms with Gasteiger partial charge in [-0.2, -0.15) is 0 Å². The van der Waals surface area contributed by atoms with Gasteiger partial charge in [-0.1, -0.05) is 6.42 Å². The molecule has 1 N–H and O–H groups in total. The van der Waals surface area contributed by atoms with E-state index in [1.807, 2.05) is 0 Å². The largest absolute Gasteiger partial charge is 0.396 e. The number of nitrogens with zero attached hydrogens (tertiary/aromatic N) is 1. The monoisotopic (exact) mass is 214 g/mol. The van der Waals surface area contributed by atoms with Crippen molar-refractivity contribution in [3.8, 4) is 0 Å². The van der Waals surface area contributed by atoms with Crippen LogP contribution in [-0.2, 0) is 0 Å². The van der Waals surface area contributed by atoms with Crippen LogP contribution in [-0.4, -0.2) is 42.4 Å². The van der Waals surface area contributed by atoms with Crippen molar-refractivity contribution >= 4 is 0 Å². The van der Waals surface area contributed by atoms with Gasteiger partial charge in [-0.25, -0.2) is 0 Å². The van der Waals surface area contributed by atoms with Crippen molar-refractivity contribution in [1.29, 1.82) is 0 Å². The van der Waals surface area contributed by atoms with E-state index in [4.69, 9.17) is 5.11 Å². The number of quaternary nitrogens is 1. The highest BCUT2D eigenvalue weighted by molar-refractivity contribution is 4.54. The van der Waals surface area contributed by atoms with Gasteiger partial charge in [-0.15, -0.1) is 0 Å². The molecule has 15 heavy (non-hydrogen) atoms. The minimum Gasteiger partial charge on any atom is -0.396 e. The molecule has 0 unspecified atom stereocenters. The van der Waals surface area contributed by atoms with Gasteiger partial charge in [-0.05, 0) is 45.4 Å². The minimum absolute atomic E-state index is 0.369. The lowest BCUT2D eigenvalue weighted by Crippen LogP contribution is -2.51. The van der Waals surface area contributed by atoms with E-state index in [-0.39, 0.29) is 0 Å². The van der Waals surface area contributed by atoms with Gasteiger partial charge in [0.25, 0.3) is 0 Å². The van der Waals surface area contributed by atoms with Crippen molar-refractivity contribution in [1.82, 2.24) is 0 Å². The van der Waals surface area contributed by atoms with Crippen LogP contribution in [0.5, 0.6) is 0 Å². The van der Waals surface area contributed by atoms with Crippen LogP contribution in [0.25, 0.3) is 0 Å². The molecular weight excluding hydrogens is 186 g/mol. The molecule has 1 fully saturated rings. The molecule has 0 aromatic heterocycles. The fourth-order valence-corrected chi connectivity index (χ4v) is 2.79. The molecule has 1 aliphatic heterocycles. The molecular formula is C13H28NO+. The Hall–Kier alpha value is -0.0800. The molecule has 90 valence electrons. The van der Waals surface area contributed by atoms with E-state index >= 15 is 0 Å². The fourth-order valence-electron chi connectivity index (χ4n) is 2.79. The topological polar surface area (TPSA) is 20.2 Å². The average molecular weight is 214 g/mol. The van der Waals surface area contributed by atoms with Gasteiger partial charge in [0.1, 0.15) is 0 Å². The van der Waals surface area contributed by atoms with E-state index < -0.39 is 0 Å². The lowest BCUT2D eigenvalue weighted by molar-refractivity contribution is -0.931. The molecule has 0 aliphatic carbocycles. The molecule has 2 nitrogen and oxygen atoms in total. The molecule has 0 atom stereocenters. The predicted octanol–water partition coefficient (Wildman–Crippen LogP) is 2.56. The van der Waals surface area contributed by atoms with Crippen molar-refractivity contribution < 1.29 is 9.59 Å². The van der Waals surface area contributed by atoms with Crippen molar-refractivity contribution in [2.45, 2.75) is 51.9 Å². The van der Waals surface area contributed by atoms with Gasteiger partial charge in [-0.3, -0.25) is 0 Å². The van der Waals surface area contributed by atoms with Crippen LogP contribution in [0.4, 0.5) is 0 Å². The van der Waals surface area contributed by atoms with Crippen LogP contribution >= 0.6 is 0 Å². The number of hydrogen-bond donors (Lipinski definition) is 1. The van der Waals surface area contributed by atoms with Crippen LogP contribution in [0.3, 0.4) is 0 Å². The molecule has 0 saturated carbocycles. The van der Waals surface area contributed by atoms with Crippen LogP contribution in [0.2, 0.25) is 0 Å². The van der Waals surface area contributed by atoms with Crippen molar-refractivity contribution in [2.75, 3.05) is 32.8 Å². The SMILES string of the molecule is CC[N+]1(CCCCCCO)CCCCC1. The maximum absolute atomic E-state index is 8.71. The number of aliphatic hydroxyl groups is 1. The molecule has 0 aromatic rings. The van der Waals surface area contributed by atoms with Crippen LogP contribution in [0.1, 0.15) is 51.9 Å². The molecule has 1 heterocycles. The fraction of sp³-hybridized carbons (Fsp3) is 1.00. The van der Waals surface area contributed by atoms with Gasteiger partial charge < -0.3 is 9.59 Å². The number of likely N-dealkylation sites (tertiary alicyclic amines) is 1. The number of rotatable bonds is 7. The summed E-state index contributed by atoms with van der Waals surface area (Å²) in [6.07, 6.45) is 9.18.